The summed E-state index contributed by atoms with van der Waals surface area (Å²) in [6.07, 6.45) is 5.24. The van der Waals surface area contributed by atoms with Crippen LogP contribution >= 0.6 is 0 Å². The minimum atomic E-state index is -0.928. The minimum Gasteiger partial charge on any atom is -0.478 e. The summed E-state index contributed by atoms with van der Waals surface area (Å²) in [5.41, 5.74) is 4.97. The molecule has 0 spiro atoms. The van der Waals surface area contributed by atoms with E-state index in [-0.39, 0.29) is 29.4 Å². The number of methoxy groups -OCH3 is 1. The molecule has 0 unspecified atom stereocenters. The van der Waals surface area contributed by atoms with Crippen molar-refractivity contribution in [3.63, 3.8) is 0 Å². The van der Waals surface area contributed by atoms with E-state index in [1.807, 2.05) is 31.2 Å². The zero-order chi connectivity index (χ0) is 19.1. The summed E-state index contributed by atoms with van der Waals surface area (Å²) in [7, 11) is 1.40. The molecule has 0 bridgehead atoms. The summed E-state index contributed by atoms with van der Waals surface area (Å²) in [4.78, 5) is 23.4. The van der Waals surface area contributed by atoms with E-state index in [2.05, 4.69) is 17.5 Å². The Labute approximate surface area is 157 Å². The van der Waals surface area contributed by atoms with E-state index in [1.54, 1.807) is 12.1 Å². The number of anilines is 1. The quantitative estimate of drug-likeness (QED) is 0.628. The summed E-state index contributed by atoms with van der Waals surface area (Å²) in [5, 5.41) is 12.8. The molecule has 0 saturated carbocycles. The highest BCUT2D eigenvalue weighted by molar-refractivity contribution is 5.94. The zero-order valence-corrected chi connectivity index (χ0v) is 15.2. The van der Waals surface area contributed by atoms with Crippen molar-refractivity contribution in [1.82, 2.24) is 0 Å². The van der Waals surface area contributed by atoms with E-state index in [0.717, 1.165) is 28.8 Å². The molecule has 0 radical (unpaired) electrons. The molecule has 2 N–H and O–H groups in total. The van der Waals surface area contributed by atoms with E-state index >= 15 is 0 Å². The Kier molecular flexibility index (Phi) is 4.22. The minimum absolute atomic E-state index is 0.0481. The number of fused-ring (bicyclic) bond motifs is 3. The van der Waals surface area contributed by atoms with Crippen LogP contribution < -0.4 is 5.32 Å². The fraction of sp³-hybridized carbons (Fsp3) is 0.273. The standard InChI is InChI=1S/C22H21NO4/c1-12-6-11-17(22(26)27-2)18-15-4-3-5-16(15)20(23-19(12)18)13-7-9-14(10-8-13)21(24)25/h3-4,6-11,15-16,20,23H,5H2,1-2H3,(H,24,25)/t15-,16-,20-/m1/s1. The van der Waals surface area contributed by atoms with E-state index in [4.69, 9.17) is 9.84 Å². The third-order valence-corrected chi connectivity index (χ3v) is 5.65. The molecule has 0 amide bonds. The van der Waals surface area contributed by atoms with Gasteiger partial charge in [0.15, 0.2) is 0 Å². The monoisotopic (exact) mass is 363 g/mol. The molecule has 1 heterocycles. The first kappa shape index (κ1) is 17.3. The fourth-order valence-corrected chi connectivity index (χ4v) is 4.31. The number of carbonyl (C=O) groups excluding carboxylic acids is 1. The molecule has 2 aromatic carbocycles. The number of ether oxygens (including phenoxy) is 1. The number of allylic oxidation sites excluding steroid dienone is 2. The van der Waals surface area contributed by atoms with Crippen molar-refractivity contribution in [2.24, 2.45) is 5.92 Å². The number of carboxylic acids is 1. The van der Waals surface area contributed by atoms with Crippen molar-refractivity contribution in [2.75, 3.05) is 12.4 Å². The van der Waals surface area contributed by atoms with Crippen molar-refractivity contribution in [2.45, 2.75) is 25.3 Å². The zero-order valence-electron chi connectivity index (χ0n) is 15.2. The highest BCUT2D eigenvalue weighted by atomic mass is 16.5. The number of benzene rings is 2. The Balaban J connectivity index is 1.80. The lowest BCUT2D eigenvalue weighted by molar-refractivity contribution is 0.0597. The van der Waals surface area contributed by atoms with Crippen LogP contribution in [0.2, 0.25) is 0 Å². The lowest BCUT2D eigenvalue weighted by atomic mass is 9.74. The first-order valence-electron chi connectivity index (χ1n) is 8.99. The van der Waals surface area contributed by atoms with Crippen molar-refractivity contribution in [3.8, 4) is 0 Å². The molecule has 138 valence electrons. The summed E-state index contributed by atoms with van der Waals surface area (Å²) in [5.74, 6) is -0.864. The maximum atomic E-state index is 12.3. The molecular weight excluding hydrogens is 342 g/mol. The number of hydrogen-bond acceptors (Lipinski definition) is 4. The van der Waals surface area contributed by atoms with Crippen LogP contribution in [-0.4, -0.2) is 24.2 Å². The maximum absolute atomic E-state index is 12.3. The van der Waals surface area contributed by atoms with Crippen LogP contribution in [0, 0.1) is 12.8 Å². The molecule has 0 saturated heterocycles. The van der Waals surface area contributed by atoms with Crippen LogP contribution in [-0.2, 0) is 4.74 Å². The van der Waals surface area contributed by atoms with Gasteiger partial charge in [0.25, 0.3) is 0 Å². The molecular formula is C22H21NO4. The van der Waals surface area contributed by atoms with Gasteiger partial charge in [0.1, 0.15) is 0 Å². The van der Waals surface area contributed by atoms with Crippen LogP contribution in [0.25, 0.3) is 0 Å². The second-order valence-corrected chi connectivity index (χ2v) is 7.11. The van der Waals surface area contributed by atoms with E-state index in [9.17, 15) is 9.59 Å². The number of carbonyl (C=O) groups is 2. The van der Waals surface area contributed by atoms with Gasteiger partial charge in [-0.25, -0.2) is 9.59 Å². The predicted molar refractivity (Wildman–Crippen MR) is 102 cm³/mol. The molecule has 1 aliphatic carbocycles. The molecule has 5 nitrogen and oxygen atoms in total. The van der Waals surface area contributed by atoms with Crippen LogP contribution in [0.1, 0.15) is 55.8 Å². The second kappa shape index (κ2) is 6.58. The number of nitrogens with one attached hydrogen (secondary N) is 1. The Hall–Kier alpha value is -3.08. The van der Waals surface area contributed by atoms with Gasteiger partial charge in [-0.3, -0.25) is 0 Å². The van der Waals surface area contributed by atoms with Gasteiger partial charge in [-0.2, -0.15) is 0 Å². The maximum Gasteiger partial charge on any atom is 0.338 e. The van der Waals surface area contributed by atoms with E-state index in [1.165, 1.54) is 7.11 Å². The van der Waals surface area contributed by atoms with Crippen molar-refractivity contribution >= 4 is 17.6 Å². The SMILES string of the molecule is COC(=O)c1ccc(C)c2c1[C@@H]1C=CC[C@H]1[C@@H](c1ccc(C(=O)O)cc1)N2. The van der Waals surface area contributed by atoms with Crippen LogP contribution in [0.15, 0.2) is 48.6 Å². The number of carboxylic acid groups (broad SMARTS) is 1. The number of rotatable bonds is 3. The molecule has 0 fully saturated rings. The van der Waals surface area contributed by atoms with Gasteiger partial charge in [-0.05, 0) is 54.2 Å². The number of esters is 1. The largest absolute Gasteiger partial charge is 0.478 e. The van der Waals surface area contributed by atoms with Gasteiger partial charge in [0.05, 0.1) is 24.3 Å². The van der Waals surface area contributed by atoms with Gasteiger partial charge < -0.3 is 15.2 Å². The van der Waals surface area contributed by atoms with Crippen molar-refractivity contribution in [3.05, 3.63) is 76.4 Å². The Bertz CT molecular complexity index is 946. The molecule has 2 aromatic rings. The number of aromatic carboxylic acids is 1. The predicted octanol–water partition coefficient (Wildman–Crippen LogP) is 4.31. The molecule has 3 atom stereocenters. The van der Waals surface area contributed by atoms with E-state index in [0.29, 0.717) is 5.56 Å². The average molecular weight is 363 g/mol. The Morgan fingerprint density at radius 1 is 1.15 bits per heavy atom. The average Bonchev–Trinajstić information content (AvgIpc) is 3.17. The van der Waals surface area contributed by atoms with Gasteiger partial charge in [-0.15, -0.1) is 0 Å². The molecule has 0 aromatic heterocycles. The third-order valence-electron chi connectivity index (χ3n) is 5.65. The lowest BCUT2D eigenvalue weighted by Gasteiger charge is -2.39. The molecule has 5 heteroatoms. The Morgan fingerprint density at radius 3 is 2.56 bits per heavy atom. The third kappa shape index (κ3) is 2.79. The number of aryl methyl sites for hydroxylation is 1. The summed E-state index contributed by atoms with van der Waals surface area (Å²) in [6.45, 7) is 2.02. The fourth-order valence-electron chi connectivity index (χ4n) is 4.31. The smallest absolute Gasteiger partial charge is 0.338 e. The summed E-state index contributed by atoms with van der Waals surface area (Å²) in [6, 6.07) is 10.9. The van der Waals surface area contributed by atoms with Gasteiger partial charge >= 0.3 is 11.9 Å². The molecule has 4 rings (SSSR count). The van der Waals surface area contributed by atoms with Crippen LogP contribution in [0.4, 0.5) is 5.69 Å². The molecule has 1 aliphatic heterocycles. The first-order valence-corrected chi connectivity index (χ1v) is 8.99. The first-order chi connectivity index (χ1) is 13.0. The number of hydrogen-bond donors (Lipinski definition) is 2. The summed E-state index contributed by atoms with van der Waals surface area (Å²) < 4.78 is 4.99. The normalized spacial score (nSPS) is 22.5. The van der Waals surface area contributed by atoms with Gasteiger partial charge in [-0.1, -0.05) is 30.4 Å². The van der Waals surface area contributed by atoms with Crippen LogP contribution in [0.3, 0.4) is 0 Å². The highest BCUT2D eigenvalue weighted by Crippen LogP contribution is 2.51. The van der Waals surface area contributed by atoms with Crippen molar-refractivity contribution < 1.29 is 19.4 Å². The van der Waals surface area contributed by atoms with Crippen molar-refractivity contribution in [1.29, 1.82) is 0 Å². The van der Waals surface area contributed by atoms with E-state index < -0.39 is 5.97 Å². The van der Waals surface area contributed by atoms with Gasteiger partial charge in [0, 0.05) is 11.6 Å². The molecule has 27 heavy (non-hydrogen) atoms. The molecule has 2 aliphatic rings. The summed E-state index contributed by atoms with van der Waals surface area (Å²) >= 11 is 0. The van der Waals surface area contributed by atoms with Gasteiger partial charge in [0.2, 0.25) is 0 Å². The lowest BCUT2D eigenvalue weighted by Crippen LogP contribution is -2.31. The highest BCUT2D eigenvalue weighted by Gasteiger charge is 2.40. The van der Waals surface area contributed by atoms with Crippen LogP contribution in [0.5, 0.6) is 0 Å². The second-order valence-electron chi connectivity index (χ2n) is 7.11. The Morgan fingerprint density at radius 2 is 1.89 bits per heavy atom. The topological polar surface area (TPSA) is 75.6 Å².